The van der Waals surface area contributed by atoms with Crippen LogP contribution in [0.15, 0.2) is 90.5 Å². The Labute approximate surface area is 160 Å². The standard InChI is InChI=1S/C22H15FN2O3/c23-16-8-10-17(11-9-16)25-19(14-5-2-1-3-6-14)18(21(27)22(25)28)20(26)15-7-4-12-24-13-15/h1-13,19,27H. The second kappa shape index (κ2) is 7.08. The van der Waals surface area contributed by atoms with Crippen molar-refractivity contribution in [3.05, 3.63) is 107 Å². The third-order valence-corrected chi connectivity index (χ3v) is 4.60. The molecule has 1 aromatic heterocycles. The van der Waals surface area contributed by atoms with Crippen molar-refractivity contribution in [2.24, 2.45) is 0 Å². The average molecular weight is 374 g/mol. The van der Waals surface area contributed by atoms with Crippen LogP contribution < -0.4 is 4.90 Å². The zero-order valence-corrected chi connectivity index (χ0v) is 14.6. The van der Waals surface area contributed by atoms with Crippen LogP contribution >= 0.6 is 0 Å². The number of hydrogen-bond donors (Lipinski definition) is 1. The number of hydrogen-bond acceptors (Lipinski definition) is 4. The predicted octanol–water partition coefficient (Wildman–Crippen LogP) is 4.00. The molecule has 4 rings (SSSR count). The van der Waals surface area contributed by atoms with E-state index < -0.39 is 29.3 Å². The summed E-state index contributed by atoms with van der Waals surface area (Å²) in [5.41, 5.74) is 1.25. The molecule has 0 saturated heterocycles. The predicted molar refractivity (Wildman–Crippen MR) is 101 cm³/mol. The molecule has 1 unspecified atom stereocenters. The number of carbonyl (C=O) groups is 2. The largest absolute Gasteiger partial charge is 0.503 e. The summed E-state index contributed by atoms with van der Waals surface area (Å²) < 4.78 is 13.4. The van der Waals surface area contributed by atoms with Crippen LogP contribution in [0.2, 0.25) is 0 Å². The topological polar surface area (TPSA) is 70.5 Å². The van der Waals surface area contributed by atoms with Crippen molar-refractivity contribution in [3.63, 3.8) is 0 Å². The SMILES string of the molecule is O=C(C1=C(O)C(=O)N(c2ccc(F)cc2)C1c1ccccc1)c1cccnc1. The molecule has 1 aliphatic heterocycles. The second-order valence-corrected chi connectivity index (χ2v) is 6.30. The molecule has 5 nitrogen and oxygen atoms in total. The average Bonchev–Trinajstić information content (AvgIpc) is 3.00. The zero-order valence-electron chi connectivity index (χ0n) is 14.6. The normalized spacial score (nSPS) is 16.5. The Morgan fingerprint density at radius 1 is 1.00 bits per heavy atom. The molecule has 3 aromatic rings. The number of aliphatic hydroxyl groups is 1. The van der Waals surface area contributed by atoms with Crippen LogP contribution in [0, 0.1) is 5.82 Å². The minimum atomic E-state index is -0.841. The molecule has 2 aromatic carbocycles. The van der Waals surface area contributed by atoms with Gasteiger partial charge in [0.15, 0.2) is 11.5 Å². The molecule has 138 valence electrons. The highest BCUT2D eigenvalue weighted by Crippen LogP contribution is 2.41. The number of aliphatic hydroxyl groups excluding tert-OH is 1. The maximum absolute atomic E-state index is 13.4. The molecule has 0 fully saturated rings. The minimum Gasteiger partial charge on any atom is -0.503 e. The highest BCUT2D eigenvalue weighted by molar-refractivity contribution is 6.20. The number of ketones is 1. The molecular formula is C22H15FN2O3. The van der Waals surface area contributed by atoms with Crippen molar-refractivity contribution in [2.75, 3.05) is 4.90 Å². The summed E-state index contributed by atoms with van der Waals surface area (Å²) in [6, 6.07) is 16.6. The van der Waals surface area contributed by atoms with Crippen LogP contribution in [0.3, 0.4) is 0 Å². The van der Waals surface area contributed by atoms with Crippen molar-refractivity contribution < 1.29 is 19.1 Å². The van der Waals surface area contributed by atoms with Crippen LogP contribution in [-0.2, 0) is 4.79 Å². The molecule has 0 spiro atoms. The molecular weight excluding hydrogens is 359 g/mol. The molecule has 1 N–H and O–H groups in total. The second-order valence-electron chi connectivity index (χ2n) is 6.30. The molecule has 1 atom stereocenters. The maximum atomic E-state index is 13.4. The summed E-state index contributed by atoms with van der Waals surface area (Å²) in [4.78, 5) is 31.2. The Balaban J connectivity index is 1.87. The van der Waals surface area contributed by atoms with Crippen LogP contribution in [0.4, 0.5) is 10.1 Å². The van der Waals surface area contributed by atoms with Crippen LogP contribution in [0.5, 0.6) is 0 Å². The lowest BCUT2D eigenvalue weighted by molar-refractivity contribution is -0.117. The van der Waals surface area contributed by atoms with Gasteiger partial charge in [-0.3, -0.25) is 19.5 Å². The van der Waals surface area contributed by atoms with Gasteiger partial charge in [-0.1, -0.05) is 30.3 Å². The van der Waals surface area contributed by atoms with Gasteiger partial charge in [0.1, 0.15) is 5.82 Å². The minimum absolute atomic E-state index is 0.0338. The Kier molecular flexibility index (Phi) is 4.45. The molecule has 0 saturated carbocycles. The summed E-state index contributed by atoms with van der Waals surface area (Å²) in [6.07, 6.45) is 2.92. The van der Waals surface area contributed by atoms with Gasteiger partial charge in [-0.25, -0.2) is 4.39 Å². The fourth-order valence-corrected chi connectivity index (χ4v) is 3.31. The maximum Gasteiger partial charge on any atom is 0.294 e. The third-order valence-electron chi connectivity index (χ3n) is 4.60. The molecule has 0 radical (unpaired) electrons. The monoisotopic (exact) mass is 374 g/mol. The van der Waals surface area contributed by atoms with E-state index in [0.717, 1.165) is 0 Å². The lowest BCUT2D eigenvalue weighted by atomic mass is 9.93. The molecule has 0 aliphatic carbocycles. The van der Waals surface area contributed by atoms with E-state index in [4.69, 9.17) is 0 Å². The van der Waals surface area contributed by atoms with Crippen molar-refractivity contribution in [2.45, 2.75) is 6.04 Å². The fourth-order valence-electron chi connectivity index (χ4n) is 3.31. The first-order valence-corrected chi connectivity index (χ1v) is 8.60. The first-order chi connectivity index (χ1) is 13.6. The molecule has 1 aliphatic rings. The van der Waals surface area contributed by atoms with E-state index in [2.05, 4.69) is 4.98 Å². The van der Waals surface area contributed by atoms with E-state index in [1.807, 2.05) is 6.07 Å². The van der Waals surface area contributed by atoms with Crippen LogP contribution in [0.1, 0.15) is 22.0 Å². The van der Waals surface area contributed by atoms with Crippen molar-refractivity contribution in [1.82, 2.24) is 4.98 Å². The van der Waals surface area contributed by atoms with E-state index in [-0.39, 0.29) is 11.1 Å². The lowest BCUT2D eigenvalue weighted by Gasteiger charge is -2.27. The van der Waals surface area contributed by atoms with E-state index in [1.54, 1.807) is 36.4 Å². The Morgan fingerprint density at radius 3 is 2.36 bits per heavy atom. The van der Waals surface area contributed by atoms with E-state index in [9.17, 15) is 19.1 Å². The number of anilines is 1. The summed E-state index contributed by atoms with van der Waals surface area (Å²) in [7, 11) is 0. The number of carbonyl (C=O) groups excluding carboxylic acids is 2. The highest BCUT2D eigenvalue weighted by Gasteiger charge is 2.44. The Morgan fingerprint density at radius 2 is 1.71 bits per heavy atom. The Hall–Kier alpha value is -3.80. The smallest absolute Gasteiger partial charge is 0.294 e. The highest BCUT2D eigenvalue weighted by atomic mass is 19.1. The van der Waals surface area contributed by atoms with Crippen molar-refractivity contribution >= 4 is 17.4 Å². The molecule has 2 heterocycles. The van der Waals surface area contributed by atoms with Gasteiger partial charge in [-0.15, -0.1) is 0 Å². The number of rotatable bonds is 4. The van der Waals surface area contributed by atoms with Gasteiger partial charge in [0.05, 0.1) is 11.6 Å². The van der Waals surface area contributed by atoms with Gasteiger partial charge < -0.3 is 5.11 Å². The quantitative estimate of drug-likeness (QED) is 0.701. The number of aromatic nitrogens is 1. The lowest BCUT2D eigenvalue weighted by Crippen LogP contribution is -2.31. The molecule has 1 amide bonds. The van der Waals surface area contributed by atoms with Gasteiger partial charge in [-0.05, 0) is 42.0 Å². The summed E-state index contributed by atoms with van der Waals surface area (Å²) in [6.45, 7) is 0. The van der Waals surface area contributed by atoms with Crippen LogP contribution in [0.25, 0.3) is 0 Å². The summed E-state index contributed by atoms with van der Waals surface area (Å²) in [5, 5.41) is 10.6. The van der Waals surface area contributed by atoms with E-state index in [0.29, 0.717) is 11.3 Å². The van der Waals surface area contributed by atoms with Crippen molar-refractivity contribution in [3.8, 4) is 0 Å². The molecule has 6 heteroatoms. The van der Waals surface area contributed by atoms with Crippen molar-refractivity contribution in [1.29, 1.82) is 0 Å². The van der Waals surface area contributed by atoms with E-state index in [1.165, 1.54) is 41.6 Å². The Bertz CT molecular complexity index is 1060. The van der Waals surface area contributed by atoms with Gasteiger partial charge in [0.25, 0.3) is 5.91 Å². The van der Waals surface area contributed by atoms with Gasteiger partial charge >= 0.3 is 0 Å². The third kappa shape index (κ3) is 2.95. The van der Waals surface area contributed by atoms with E-state index >= 15 is 0 Å². The zero-order chi connectivity index (χ0) is 19.7. The first-order valence-electron chi connectivity index (χ1n) is 8.60. The number of pyridine rings is 1. The molecule has 0 bridgehead atoms. The number of amides is 1. The fraction of sp³-hybridized carbons (Fsp3) is 0.0455. The first kappa shape index (κ1) is 17.6. The number of benzene rings is 2. The van der Waals surface area contributed by atoms with Gasteiger partial charge in [0, 0.05) is 23.6 Å². The number of Topliss-reactive ketones (excluding diaryl/α,β-unsaturated/α-hetero) is 1. The van der Waals surface area contributed by atoms with Gasteiger partial charge in [0.2, 0.25) is 0 Å². The van der Waals surface area contributed by atoms with Crippen LogP contribution in [-0.4, -0.2) is 21.8 Å². The van der Waals surface area contributed by atoms with Gasteiger partial charge in [-0.2, -0.15) is 0 Å². The molecule has 28 heavy (non-hydrogen) atoms. The number of halogens is 1. The number of nitrogens with zero attached hydrogens (tertiary/aromatic N) is 2. The summed E-state index contributed by atoms with van der Waals surface area (Å²) >= 11 is 0. The summed E-state index contributed by atoms with van der Waals surface area (Å²) in [5.74, 6) is -2.27.